The fourth-order valence-corrected chi connectivity index (χ4v) is 2.36. The zero-order valence-corrected chi connectivity index (χ0v) is 14.4. The molecule has 0 unspecified atom stereocenters. The Morgan fingerprint density at radius 1 is 1.09 bits per heavy atom. The van der Waals surface area contributed by atoms with Crippen LogP contribution in [0.15, 0.2) is 36.4 Å². The summed E-state index contributed by atoms with van der Waals surface area (Å²) in [6.07, 6.45) is 0. The van der Waals surface area contributed by atoms with Crippen LogP contribution in [0.2, 0.25) is 10.0 Å². The van der Waals surface area contributed by atoms with Crippen LogP contribution in [0, 0.1) is 0 Å². The average Bonchev–Trinajstić information content (AvgIpc) is 2.53. The number of halogens is 2. The second kappa shape index (κ2) is 8.09. The summed E-state index contributed by atoms with van der Waals surface area (Å²) < 4.78 is 11.0. The highest BCUT2D eigenvalue weighted by molar-refractivity contribution is 6.44. The van der Waals surface area contributed by atoms with Gasteiger partial charge in [-0.05, 0) is 38.1 Å². The van der Waals surface area contributed by atoms with Crippen LogP contribution < -0.4 is 14.8 Å². The largest absolute Gasteiger partial charge is 0.494 e. The zero-order valence-electron chi connectivity index (χ0n) is 12.9. The Balaban J connectivity index is 2.29. The maximum absolute atomic E-state index is 12.5. The smallest absolute Gasteiger partial charge is 0.259 e. The molecule has 2 rings (SSSR count). The third kappa shape index (κ3) is 4.30. The van der Waals surface area contributed by atoms with Gasteiger partial charge in [-0.15, -0.1) is 0 Å². The zero-order chi connectivity index (χ0) is 16.8. The van der Waals surface area contributed by atoms with Gasteiger partial charge in [0.15, 0.2) is 0 Å². The lowest BCUT2D eigenvalue weighted by molar-refractivity contribution is 0.102. The van der Waals surface area contributed by atoms with Gasteiger partial charge in [0.25, 0.3) is 5.91 Å². The summed E-state index contributed by atoms with van der Waals surface area (Å²) in [7, 11) is 0. The summed E-state index contributed by atoms with van der Waals surface area (Å²) in [6, 6.07) is 10.1. The lowest BCUT2D eigenvalue weighted by Gasteiger charge is -2.13. The molecule has 0 radical (unpaired) electrons. The average molecular weight is 354 g/mol. The Kier molecular flexibility index (Phi) is 6.13. The maximum Gasteiger partial charge on any atom is 0.259 e. The van der Waals surface area contributed by atoms with E-state index in [0.717, 1.165) is 0 Å². The molecule has 2 aromatic rings. The summed E-state index contributed by atoms with van der Waals surface area (Å²) in [5.74, 6) is 0.767. The summed E-state index contributed by atoms with van der Waals surface area (Å²) in [5, 5.41) is 3.42. The van der Waals surface area contributed by atoms with E-state index in [2.05, 4.69) is 5.32 Å². The molecule has 1 N–H and O–H groups in total. The van der Waals surface area contributed by atoms with Crippen molar-refractivity contribution in [1.82, 2.24) is 0 Å². The van der Waals surface area contributed by atoms with Gasteiger partial charge in [-0.25, -0.2) is 0 Å². The number of hydrogen-bond donors (Lipinski definition) is 1. The Hall–Kier alpha value is -1.91. The monoisotopic (exact) mass is 353 g/mol. The Labute approximate surface area is 145 Å². The van der Waals surface area contributed by atoms with Crippen molar-refractivity contribution in [2.45, 2.75) is 13.8 Å². The second-order valence-corrected chi connectivity index (χ2v) is 5.36. The van der Waals surface area contributed by atoms with E-state index in [9.17, 15) is 4.79 Å². The summed E-state index contributed by atoms with van der Waals surface area (Å²) in [6.45, 7) is 4.72. The first-order valence-corrected chi connectivity index (χ1v) is 7.97. The summed E-state index contributed by atoms with van der Waals surface area (Å²) in [4.78, 5) is 12.5. The number of carbonyl (C=O) groups excluding carboxylic acids is 1. The first-order valence-electron chi connectivity index (χ1n) is 7.21. The molecule has 0 aliphatic heterocycles. The van der Waals surface area contributed by atoms with Gasteiger partial charge in [-0.2, -0.15) is 0 Å². The molecule has 23 heavy (non-hydrogen) atoms. The van der Waals surface area contributed by atoms with Crippen LogP contribution in [0.25, 0.3) is 0 Å². The minimum atomic E-state index is -0.333. The molecule has 0 aromatic heterocycles. The molecule has 122 valence electrons. The minimum Gasteiger partial charge on any atom is -0.494 e. The van der Waals surface area contributed by atoms with E-state index in [-0.39, 0.29) is 5.91 Å². The van der Waals surface area contributed by atoms with Crippen molar-refractivity contribution >= 4 is 34.8 Å². The first-order chi connectivity index (χ1) is 11.1. The SMILES string of the molecule is CCOc1ccc(C(=O)Nc2cccc(Cl)c2Cl)c(OCC)c1. The molecule has 2 aromatic carbocycles. The van der Waals surface area contributed by atoms with Crippen LogP contribution in [0.4, 0.5) is 5.69 Å². The molecule has 0 fully saturated rings. The molecule has 0 saturated carbocycles. The van der Waals surface area contributed by atoms with E-state index in [0.29, 0.717) is 46.0 Å². The highest BCUT2D eigenvalue weighted by Gasteiger charge is 2.16. The number of amides is 1. The Morgan fingerprint density at radius 2 is 1.83 bits per heavy atom. The van der Waals surface area contributed by atoms with Crippen LogP contribution >= 0.6 is 23.2 Å². The fourth-order valence-electron chi connectivity index (χ4n) is 2.01. The van der Waals surface area contributed by atoms with Crippen LogP contribution in [0.3, 0.4) is 0 Å². The van der Waals surface area contributed by atoms with E-state index in [1.807, 2.05) is 13.8 Å². The van der Waals surface area contributed by atoms with Crippen molar-refractivity contribution in [3.63, 3.8) is 0 Å². The van der Waals surface area contributed by atoms with E-state index >= 15 is 0 Å². The number of rotatable bonds is 6. The Morgan fingerprint density at radius 3 is 2.52 bits per heavy atom. The molecule has 6 heteroatoms. The third-order valence-corrected chi connectivity index (χ3v) is 3.83. The van der Waals surface area contributed by atoms with E-state index < -0.39 is 0 Å². The van der Waals surface area contributed by atoms with E-state index in [1.165, 1.54) is 0 Å². The minimum absolute atomic E-state index is 0.298. The normalized spacial score (nSPS) is 10.3. The van der Waals surface area contributed by atoms with Crippen molar-refractivity contribution in [1.29, 1.82) is 0 Å². The standard InChI is InChI=1S/C17H17Cl2NO3/c1-3-22-11-8-9-12(15(10-11)23-4-2)17(21)20-14-7-5-6-13(18)16(14)19/h5-10H,3-4H2,1-2H3,(H,20,21). The molecular formula is C17H17Cl2NO3. The molecular weight excluding hydrogens is 337 g/mol. The maximum atomic E-state index is 12.5. The molecule has 0 aliphatic carbocycles. The van der Waals surface area contributed by atoms with Gasteiger partial charge < -0.3 is 14.8 Å². The molecule has 1 amide bonds. The highest BCUT2D eigenvalue weighted by Crippen LogP contribution is 2.31. The molecule has 0 aliphatic rings. The lowest BCUT2D eigenvalue weighted by atomic mass is 10.1. The Bertz CT molecular complexity index is 704. The number of anilines is 1. The quantitative estimate of drug-likeness (QED) is 0.790. The van der Waals surface area contributed by atoms with Gasteiger partial charge in [-0.3, -0.25) is 4.79 Å². The molecule has 0 bridgehead atoms. The second-order valence-electron chi connectivity index (χ2n) is 4.58. The predicted molar refractivity (Wildman–Crippen MR) is 93.2 cm³/mol. The van der Waals surface area contributed by atoms with Gasteiger partial charge in [0.2, 0.25) is 0 Å². The van der Waals surface area contributed by atoms with Crippen LogP contribution in [-0.2, 0) is 0 Å². The number of benzene rings is 2. The lowest BCUT2D eigenvalue weighted by Crippen LogP contribution is -2.14. The van der Waals surface area contributed by atoms with Crippen molar-refractivity contribution in [2.75, 3.05) is 18.5 Å². The molecule has 0 saturated heterocycles. The number of carbonyl (C=O) groups is 1. The number of ether oxygens (including phenoxy) is 2. The van der Waals surface area contributed by atoms with E-state index in [1.54, 1.807) is 36.4 Å². The first kappa shape index (κ1) is 17.4. The van der Waals surface area contributed by atoms with Gasteiger partial charge in [0.1, 0.15) is 11.5 Å². The van der Waals surface area contributed by atoms with Gasteiger partial charge >= 0.3 is 0 Å². The molecule has 0 heterocycles. The van der Waals surface area contributed by atoms with Crippen LogP contribution in [0.5, 0.6) is 11.5 Å². The van der Waals surface area contributed by atoms with E-state index in [4.69, 9.17) is 32.7 Å². The summed E-state index contributed by atoms with van der Waals surface area (Å²) in [5.41, 5.74) is 0.840. The predicted octanol–water partition coefficient (Wildman–Crippen LogP) is 5.04. The van der Waals surface area contributed by atoms with Gasteiger partial charge in [0.05, 0.1) is 34.5 Å². The van der Waals surface area contributed by atoms with Crippen molar-refractivity contribution in [2.24, 2.45) is 0 Å². The van der Waals surface area contributed by atoms with Crippen molar-refractivity contribution in [3.8, 4) is 11.5 Å². The van der Waals surface area contributed by atoms with Crippen molar-refractivity contribution < 1.29 is 14.3 Å². The topological polar surface area (TPSA) is 47.6 Å². The van der Waals surface area contributed by atoms with Crippen molar-refractivity contribution in [3.05, 3.63) is 52.0 Å². The van der Waals surface area contributed by atoms with Crippen LogP contribution in [0.1, 0.15) is 24.2 Å². The molecule has 0 atom stereocenters. The number of hydrogen-bond acceptors (Lipinski definition) is 3. The van der Waals surface area contributed by atoms with Crippen LogP contribution in [-0.4, -0.2) is 19.1 Å². The fraction of sp³-hybridized carbons (Fsp3) is 0.235. The summed E-state index contributed by atoms with van der Waals surface area (Å²) >= 11 is 12.0. The molecule has 0 spiro atoms. The van der Waals surface area contributed by atoms with Gasteiger partial charge in [0, 0.05) is 6.07 Å². The highest BCUT2D eigenvalue weighted by atomic mass is 35.5. The van der Waals surface area contributed by atoms with Gasteiger partial charge in [-0.1, -0.05) is 29.3 Å². The molecule has 4 nitrogen and oxygen atoms in total. The number of nitrogens with one attached hydrogen (secondary N) is 1. The third-order valence-electron chi connectivity index (χ3n) is 3.01.